The third-order valence-corrected chi connectivity index (χ3v) is 3.45. The molecule has 1 amide bonds. The van der Waals surface area contributed by atoms with Crippen LogP contribution in [0.25, 0.3) is 0 Å². The van der Waals surface area contributed by atoms with E-state index in [0.717, 1.165) is 12.3 Å². The SMILES string of the molecule is C=CC(=O)NC1CCN(c2ncc(C(F)(F)F)cc2Cl)C1. The summed E-state index contributed by atoms with van der Waals surface area (Å²) in [5.74, 6) is 0.00773. The highest BCUT2D eigenvalue weighted by atomic mass is 35.5. The van der Waals surface area contributed by atoms with E-state index in [4.69, 9.17) is 11.6 Å². The van der Waals surface area contributed by atoms with Crippen LogP contribution in [0, 0.1) is 0 Å². The van der Waals surface area contributed by atoms with Gasteiger partial charge in [0.2, 0.25) is 5.91 Å². The van der Waals surface area contributed by atoms with Crippen LogP contribution in [0.5, 0.6) is 0 Å². The zero-order chi connectivity index (χ0) is 15.6. The zero-order valence-corrected chi connectivity index (χ0v) is 11.7. The molecule has 0 bridgehead atoms. The van der Waals surface area contributed by atoms with E-state index in [9.17, 15) is 18.0 Å². The normalized spacial score (nSPS) is 18.7. The predicted octanol–water partition coefficient (Wildman–Crippen LogP) is 2.63. The lowest BCUT2D eigenvalue weighted by atomic mass is 10.2. The largest absolute Gasteiger partial charge is 0.417 e. The summed E-state index contributed by atoms with van der Waals surface area (Å²) in [5, 5.41) is 2.68. The Kier molecular flexibility index (Phi) is 4.41. The zero-order valence-electron chi connectivity index (χ0n) is 11.0. The fourth-order valence-corrected chi connectivity index (χ4v) is 2.43. The Morgan fingerprint density at radius 3 is 2.86 bits per heavy atom. The summed E-state index contributed by atoms with van der Waals surface area (Å²) in [6, 6.07) is 0.759. The predicted molar refractivity (Wildman–Crippen MR) is 73.2 cm³/mol. The van der Waals surface area contributed by atoms with Crippen LogP contribution in [-0.2, 0) is 11.0 Å². The van der Waals surface area contributed by atoms with Gasteiger partial charge in [-0.3, -0.25) is 4.79 Å². The van der Waals surface area contributed by atoms with E-state index < -0.39 is 11.7 Å². The number of pyridine rings is 1. The minimum absolute atomic E-state index is 0.0551. The highest BCUT2D eigenvalue weighted by Gasteiger charge is 2.33. The summed E-state index contributed by atoms with van der Waals surface area (Å²) in [4.78, 5) is 16.8. The molecule has 1 aliphatic heterocycles. The van der Waals surface area contributed by atoms with Crippen LogP contribution in [0.3, 0.4) is 0 Å². The van der Waals surface area contributed by atoms with Crippen molar-refractivity contribution in [1.29, 1.82) is 0 Å². The van der Waals surface area contributed by atoms with E-state index in [1.807, 2.05) is 0 Å². The molecular weight excluding hydrogens is 307 g/mol. The molecule has 1 aliphatic rings. The topological polar surface area (TPSA) is 45.2 Å². The first kappa shape index (κ1) is 15.6. The van der Waals surface area contributed by atoms with Crippen LogP contribution in [0.4, 0.5) is 19.0 Å². The lowest BCUT2D eigenvalue weighted by Gasteiger charge is -2.19. The summed E-state index contributed by atoms with van der Waals surface area (Å²) in [7, 11) is 0. The van der Waals surface area contributed by atoms with Gasteiger partial charge in [0.05, 0.1) is 10.6 Å². The number of aromatic nitrogens is 1. The van der Waals surface area contributed by atoms with Gasteiger partial charge in [-0.25, -0.2) is 4.98 Å². The highest BCUT2D eigenvalue weighted by molar-refractivity contribution is 6.33. The Balaban J connectivity index is 2.10. The molecular formula is C13H13ClF3N3O. The van der Waals surface area contributed by atoms with E-state index >= 15 is 0 Å². The number of rotatable bonds is 3. The average Bonchev–Trinajstić information content (AvgIpc) is 2.85. The lowest BCUT2D eigenvalue weighted by Crippen LogP contribution is -2.36. The molecule has 1 N–H and O–H groups in total. The van der Waals surface area contributed by atoms with Crippen molar-refractivity contribution in [2.24, 2.45) is 0 Å². The minimum atomic E-state index is -4.47. The molecule has 1 fully saturated rings. The quantitative estimate of drug-likeness (QED) is 0.871. The maximum atomic E-state index is 12.6. The molecule has 8 heteroatoms. The van der Waals surface area contributed by atoms with Crippen LogP contribution in [0.1, 0.15) is 12.0 Å². The smallest absolute Gasteiger partial charge is 0.353 e. The molecule has 114 valence electrons. The number of nitrogens with one attached hydrogen (secondary N) is 1. The van der Waals surface area contributed by atoms with Crippen LogP contribution in [-0.4, -0.2) is 30.0 Å². The number of hydrogen-bond donors (Lipinski definition) is 1. The molecule has 1 saturated heterocycles. The number of hydrogen-bond acceptors (Lipinski definition) is 3. The third kappa shape index (κ3) is 3.66. The molecule has 0 aromatic carbocycles. The Morgan fingerprint density at radius 1 is 1.57 bits per heavy atom. The first-order valence-corrected chi connectivity index (χ1v) is 6.59. The molecule has 21 heavy (non-hydrogen) atoms. The number of alkyl halides is 3. The second kappa shape index (κ2) is 5.93. The number of anilines is 1. The molecule has 1 aromatic heterocycles. The average molecular weight is 320 g/mol. The van der Waals surface area contributed by atoms with Gasteiger partial charge in [-0.2, -0.15) is 13.2 Å². The van der Waals surface area contributed by atoms with Gasteiger partial charge in [-0.1, -0.05) is 18.2 Å². The van der Waals surface area contributed by atoms with Gasteiger partial charge in [0, 0.05) is 25.3 Å². The number of nitrogens with zero attached hydrogens (tertiary/aromatic N) is 2. The minimum Gasteiger partial charge on any atom is -0.353 e. The first-order chi connectivity index (χ1) is 9.81. The molecule has 0 spiro atoms. The van der Waals surface area contributed by atoms with E-state index in [1.165, 1.54) is 6.08 Å². The van der Waals surface area contributed by atoms with Gasteiger partial charge in [-0.15, -0.1) is 0 Å². The van der Waals surface area contributed by atoms with Gasteiger partial charge < -0.3 is 10.2 Å². The van der Waals surface area contributed by atoms with Crippen LogP contribution in [0.15, 0.2) is 24.9 Å². The molecule has 2 heterocycles. The van der Waals surface area contributed by atoms with Crippen LogP contribution in [0.2, 0.25) is 5.02 Å². The molecule has 0 aliphatic carbocycles. The molecule has 1 unspecified atom stereocenters. The monoisotopic (exact) mass is 319 g/mol. The highest BCUT2D eigenvalue weighted by Crippen LogP contribution is 2.34. The van der Waals surface area contributed by atoms with Crippen molar-refractivity contribution in [2.45, 2.75) is 18.6 Å². The molecule has 1 aromatic rings. The van der Waals surface area contributed by atoms with Gasteiger partial charge >= 0.3 is 6.18 Å². The number of halogens is 4. The van der Waals surface area contributed by atoms with Crippen LogP contribution < -0.4 is 10.2 Å². The Labute approximate surface area is 124 Å². The fraction of sp³-hybridized carbons (Fsp3) is 0.385. The maximum absolute atomic E-state index is 12.6. The number of carbonyl (C=O) groups excluding carboxylic acids is 1. The first-order valence-electron chi connectivity index (χ1n) is 6.22. The van der Waals surface area contributed by atoms with Gasteiger partial charge in [0.1, 0.15) is 5.82 Å². The molecule has 2 rings (SSSR count). The van der Waals surface area contributed by atoms with E-state index in [2.05, 4.69) is 16.9 Å². The lowest BCUT2D eigenvalue weighted by molar-refractivity contribution is -0.137. The van der Waals surface area contributed by atoms with Crippen molar-refractivity contribution in [2.75, 3.05) is 18.0 Å². The summed E-state index contributed by atoms with van der Waals surface area (Å²) in [6.07, 6.45) is -1.87. The van der Waals surface area contributed by atoms with Crippen molar-refractivity contribution >= 4 is 23.3 Å². The van der Waals surface area contributed by atoms with Gasteiger partial charge in [0.25, 0.3) is 0 Å². The third-order valence-electron chi connectivity index (χ3n) is 3.17. The van der Waals surface area contributed by atoms with Crippen molar-refractivity contribution in [3.63, 3.8) is 0 Å². The molecule has 4 nitrogen and oxygen atoms in total. The number of carbonyl (C=O) groups is 1. The second-order valence-corrected chi connectivity index (χ2v) is 5.08. The molecule has 0 radical (unpaired) electrons. The van der Waals surface area contributed by atoms with Crippen molar-refractivity contribution < 1.29 is 18.0 Å². The fourth-order valence-electron chi connectivity index (χ4n) is 2.15. The van der Waals surface area contributed by atoms with Crippen LogP contribution >= 0.6 is 11.6 Å². The number of amides is 1. The summed E-state index contributed by atoms with van der Waals surface area (Å²) < 4.78 is 37.7. The summed E-state index contributed by atoms with van der Waals surface area (Å²) in [6.45, 7) is 4.36. The Morgan fingerprint density at radius 2 is 2.29 bits per heavy atom. The summed E-state index contributed by atoms with van der Waals surface area (Å²) in [5.41, 5.74) is -0.882. The Bertz CT molecular complexity index is 562. The Hall–Kier alpha value is -1.76. The van der Waals surface area contributed by atoms with E-state index in [-0.39, 0.29) is 17.0 Å². The van der Waals surface area contributed by atoms with Gasteiger partial charge in [-0.05, 0) is 18.6 Å². The molecule has 1 atom stereocenters. The maximum Gasteiger partial charge on any atom is 0.417 e. The van der Waals surface area contributed by atoms with Gasteiger partial charge in [0.15, 0.2) is 0 Å². The van der Waals surface area contributed by atoms with Crippen molar-refractivity contribution in [3.05, 3.63) is 35.5 Å². The molecule has 0 saturated carbocycles. The standard InChI is InChI=1S/C13H13ClF3N3O/c1-2-11(21)19-9-3-4-20(7-9)12-10(14)5-8(6-18-12)13(15,16)17/h2,5-6,9H,1,3-4,7H2,(H,19,21). The van der Waals surface area contributed by atoms with Crippen molar-refractivity contribution in [1.82, 2.24) is 10.3 Å². The summed E-state index contributed by atoms with van der Waals surface area (Å²) >= 11 is 5.89. The van der Waals surface area contributed by atoms with E-state index in [1.54, 1.807) is 4.90 Å². The second-order valence-electron chi connectivity index (χ2n) is 4.67. The van der Waals surface area contributed by atoms with E-state index in [0.29, 0.717) is 25.3 Å². The van der Waals surface area contributed by atoms with Crippen molar-refractivity contribution in [3.8, 4) is 0 Å².